The van der Waals surface area contributed by atoms with Gasteiger partial charge in [0, 0.05) is 24.1 Å². The third-order valence-corrected chi connectivity index (χ3v) is 4.64. The molecule has 6 heteroatoms. The number of anilines is 1. The van der Waals surface area contributed by atoms with Gasteiger partial charge in [-0.1, -0.05) is 53.5 Å². The largest absolute Gasteiger partial charge is 0.341 e. The van der Waals surface area contributed by atoms with Gasteiger partial charge >= 0.3 is 0 Å². The summed E-state index contributed by atoms with van der Waals surface area (Å²) in [5, 5.41) is 3.54. The second kappa shape index (κ2) is 6.83. The van der Waals surface area contributed by atoms with Gasteiger partial charge in [-0.05, 0) is 24.1 Å². The van der Waals surface area contributed by atoms with Crippen molar-refractivity contribution in [3.8, 4) is 0 Å². The number of amides is 2. The maximum absolute atomic E-state index is 12.8. The highest BCUT2D eigenvalue weighted by atomic mass is 35.5. The molecule has 0 bridgehead atoms. The zero-order valence-corrected chi connectivity index (χ0v) is 14.6. The third kappa shape index (κ3) is 3.12. The standard InChI is InChI=1S/C18H16Cl2N2O2/c1-11(23)21-16-15-13(19)7-8-14(20)17(15)22(18(16)24)10-9-12-5-3-2-4-6-12/h2-8,16H,9-10H2,1H3,(H,21,23). The van der Waals surface area contributed by atoms with Gasteiger partial charge in [0.05, 0.1) is 10.7 Å². The van der Waals surface area contributed by atoms with Crippen LogP contribution in [0.3, 0.4) is 0 Å². The number of carbonyl (C=O) groups excluding carboxylic acids is 2. The molecule has 1 unspecified atom stereocenters. The van der Waals surface area contributed by atoms with Crippen LogP contribution in [0.1, 0.15) is 24.1 Å². The summed E-state index contributed by atoms with van der Waals surface area (Å²) in [4.78, 5) is 25.9. The average Bonchev–Trinajstić information content (AvgIpc) is 2.83. The molecule has 0 aliphatic carbocycles. The minimum absolute atomic E-state index is 0.217. The van der Waals surface area contributed by atoms with E-state index in [-0.39, 0.29) is 11.8 Å². The number of nitrogens with zero attached hydrogens (tertiary/aromatic N) is 1. The third-order valence-electron chi connectivity index (χ3n) is 4.00. The number of rotatable bonds is 4. The summed E-state index contributed by atoms with van der Waals surface area (Å²) in [6.45, 7) is 1.84. The van der Waals surface area contributed by atoms with Gasteiger partial charge in [-0.15, -0.1) is 0 Å². The molecule has 0 aromatic heterocycles. The predicted molar refractivity (Wildman–Crippen MR) is 95.5 cm³/mol. The molecule has 0 saturated carbocycles. The van der Waals surface area contributed by atoms with Crippen molar-refractivity contribution in [3.05, 3.63) is 63.6 Å². The van der Waals surface area contributed by atoms with Crippen molar-refractivity contribution in [2.45, 2.75) is 19.4 Å². The number of carbonyl (C=O) groups is 2. The van der Waals surface area contributed by atoms with Crippen LogP contribution in [-0.2, 0) is 16.0 Å². The maximum Gasteiger partial charge on any atom is 0.254 e. The molecule has 3 rings (SSSR count). The Labute approximate surface area is 150 Å². The van der Waals surface area contributed by atoms with Gasteiger partial charge in [-0.2, -0.15) is 0 Å². The SMILES string of the molecule is CC(=O)NC1C(=O)N(CCc2ccccc2)c2c(Cl)ccc(Cl)c21. The summed E-state index contributed by atoms with van der Waals surface area (Å²) in [5.74, 6) is -0.508. The number of halogens is 2. The van der Waals surface area contributed by atoms with Crippen LogP contribution in [0.2, 0.25) is 10.0 Å². The Hall–Kier alpha value is -2.04. The van der Waals surface area contributed by atoms with Crippen LogP contribution in [-0.4, -0.2) is 18.4 Å². The molecular weight excluding hydrogens is 347 g/mol. The van der Waals surface area contributed by atoms with Crippen LogP contribution in [0.15, 0.2) is 42.5 Å². The van der Waals surface area contributed by atoms with Crippen molar-refractivity contribution in [2.24, 2.45) is 0 Å². The lowest BCUT2D eigenvalue weighted by molar-refractivity contribution is -0.126. The van der Waals surface area contributed by atoms with E-state index in [1.165, 1.54) is 6.92 Å². The summed E-state index contributed by atoms with van der Waals surface area (Å²) in [6.07, 6.45) is 0.682. The number of nitrogens with one attached hydrogen (secondary N) is 1. The monoisotopic (exact) mass is 362 g/mol. The molecule has 2 aromatic rings. The Morgan fingerprint density at radius 3 is 2.46 bits per heavy atom. The lowest BCUT2D eigenvalue weighted by Crippen LogP contribution is -2.37. The van der Waals surface area contributed by atoms with Crippen LogP contribution < -0.4 is 10.2 Å². The normalized spacial score (nSPS) is 16.2. The number of hydrogen-bond donors (Lipinski definition) is 1. The second-order valence-electron chi connectivity index (χ2n) is 5.65. The van der Waals surface area contributed by atoms with Crippen molar-refractivity contribution in [2.75, 3.05) is 11.4 Å². The van der Waals surface area contributed by atoms with Crippen LogP contribution in [0, 0.1) is 0 Å². The van der Waals surface area contributed by atoms with E-state index < -0.39 is 6.04 Å². The minimum Gasteiger partial charge on any atom is -0.341 e. The molecule has 0 fully saturated rings. The first-order valence-corrected chi connectivity index (χ1v) is 8.35. The van der Waals surface area contributed by atoms with Crippen molar-refractivity contribution >= 4 is 40.7 Å². The van der Waals surface area contributed by atoms with E-state index in [2.05, 4.69) is 5.32 Å². The molecule has 4 nitrogen and oxygen atoms in total. The smallest absolute Gasteiger partial charge is 0.254 e. The molecule has 0 radical (unpaired) electrons. The molecule has 1 heterocycles. The molecule has 124 valence electrons. The van der Waals surface area contributed by atoms with Gasteiger partial charge in [-0.3, -0.25) is 9.59 Å². The van der Waals surface area contributed by atoms with Gasteiger partial charge in [0.1, 0.15) is 6.04 Å². The fourth-order valence-electron chi connectivity index (χ4n) is 2.94. The van der Waals surface area contributed by atoms with Crippen molar-refractivity contribution in [1.29, 1.82) is 0 Å². The fourth-order valence-corrected chi connectivity index (χ4v) is 3.47. The van der Waals surface area contributed by atoms with Gasteiger partial charge < -0.3 is 10.2 Å². The first-order valence-electron chi connectivity index (χ1n) is 7.59. The van der Waals surface area contributed by atoms with Gasteiger partial charge in [0.25, 0.3) is 5.91 Å². The lowest BCUT2D eigenvalue weighted by Gasteiger charge is -2.19. The Balaban J connectivity index is 1.94. The molecule has 2 aromatic carbocycles. The average molecular weight is 363 g/mol. The highest BCUT2D eigenvalue weighted by Gasteiger charge is 2.40. The number of hydrogen-bond acceptors (Lipinski definition) is 2. The Morgan fingerprint density at radius 2 is 1.79 bits per heavy atom. The van der Waals surface area contributed by atoms with E-state index in [4.69, 9.17) is 23.2 Å². The molecule has 0 spiro atoms. The molecule has 2 amide bonds. The molecule has 1 atom stereocenters. The molecule has 1 N–H and O–H groups in total. The number of fused-ring (bicyclic) bond motifs is 1. The minimum atomic E-state index is -0.792. The van der Waals surface area contributed by atoms with E-state index in [0.717, 1.165) is 5.56 Å². The summed E-state index contributed by atoms with van der Waals surface area (Å²) < 4.78 is 0. The fraction of sp³-hybridized carbons (Fsp3) is 0.222. The molecule has 1 aliphatic rings. The maximum atomic E-state index is 12.8. The lowest BCUT2D eigenvalue weighted by atomic mass is 10.1. The summed E-state index contributed by atoms with van der Waals surface area (Å²) in [5.41, 5.74) is 2.27. The summed E-state index contributed by atoms with van der Waals surface area (Å²) in [6, 6.07) is 12.4. The van der Waals surface area contributed by atoms with E-state index in [1.807, 2.05) is 30.3 Å². The summed E-state index contributed by atoms with van der Waals surface area (Å²) in [7, 11) is 0. The van der Waals surface area contributed by atoms with Crippen LogP contribution in [0.25, 0.3) is 0 Å². The van der Waals surface area contributed by atoms with Crippen molar-refractivity contribution in [3.63, 3.8) is 0 Å². The summed E-state index contributed by atoms with van der Waals surface area (Å²) >= 11 is 12.6. The van der Waals surface area contributed by atoms with Gasteiger partial charge in [0.2, 0.25) is 5.91 Å². The topological polar surface area (TPSA) is 49.4 Å². The molecule has 24 heavy (non-hydrogen) atoms. The first-order chi connectivity index (χ1) is 11.5. The zero-order valence-electron chi connectivity index (χ0n) is 13.1. The molecular formula is C18H16Cl2N2O2. The Morgan fingerprint density at radius 1 is 1.12 bits per heavy atom. The van der Waals surface area contributed by atoms with Crippen LogP contribution in [0.5, 0.6) is 0 Å². The molecule has 0 saturated heterocycles. The van der Waals surface area contributed by atoms with Crippen molar-refractivity contribution < 1.29 is 9.59 Å². The van der Waals surface area contributed by atoms with Gasteiger partial charge in [-0.25, -0.2) is 0 Å². The number of benzene rings is 2. The van der Waals surface area contributed by atoms with Crippen LogP contribution in [0.4, 0.5) is 5.69 Å². The second-order valence-corrected chi connectivity index (χ2v) is 6.46. The first kappa shape index (κ1) is 16.8. The van der Waals surface area contributed by atoms with E-state index in [0.29, 0.717) is 34.3 Å². The van der Waals surface area contributed by atoms with Gasteiger partial charge in [0.15, 0.2) is 0 Å². The van der Waals surface area contributed by atoms with E-state index in [9.17, 15) is 9.59 Å². The Kier molecular flexibility index (Phi) is 4.78. The predicted octanol–water partition coefficient (Wildman–Crippen LogP) is 3.76. The highest BCUT2D eigenvalue weighted by molar-refractivity contribution is 6.38. The van der Waals surface area contributed by atoms with Crippen LogP contribution >= 0.6 is 23.2 Å². The molecule has 1 aliphatic heterocycles. The highest BCUT2D eigenvalue weighted by Crippen LogP contribution is 2.44. The van der Waals surface area contributed by atoms with Crippen molar-refractivity contribution in [1.82, 2.24) is 5.32 Å². The quantitative estimate of drug-likeness (QED) is 0.899. The van der Waals surface area contributed by atoms with E-state index >= 15 is 0 Å². The van der Waals surface area contributed by atoms with E-state index in [1.54, 1.807) is 17.0 Å². The zero-order chi connectivity index (χ0) is 17.3. The Bertz CT molecular complexity index is 793.